The van der Waals surface area contributed by atoms with Crippen LogP contribution in [0.4, 0.5) is 5.13 Å². The quantitative estimate of drug-likeness (QED) is 0.417. The van der Waals surface area contributed by atoms with Gasteiger partial charge in [-0.3, -0.25) is 15.0 Å². The summed E-state index contributed by atoms with van der Waals surface area (Å²) < 4.78 is 1.79. The smallest absolute Gasteiger partial charge is 0.257 e. The predicted octanol–water partition coefficient (Wildman–Crippen LogP) is 5.41. The molecule has 3 heterocycles. The van der Waals surface area contributed by atoms with Crippen molar-refractivity contribution in [3.63, 3.8) is 0 Å². The van der Waals surface area contributed by atoms with E-state index in [4.69, 9.17) is 11.6 Å². The normalized spacial score (nSPS) is 13.7. The van der Waals surface area contributed by atoms with Crippen molar-refractivity contribution in [3.05, 3.63) is 92.7 Å². The predicted molar refractivity (Wildman–Crippen MR) is 132 cm³/mol. The monoisotopic (exact) mass is 477 g/mol. The number of aryl methyl sites for hydroxylation is 1. The number of fused-ring (bicyclic) bond motifs is 1. The molecule has 0 aliphatic carbocycles. The minimum atomic E-state index is -0.166. The number of anilines is 1. The summed E-state index contributed by atoms with van der Waals surface area (Å²) in [5.74, 6) is -0.166. The van der Waals surface area contributed by atoms with E-state index in [1.807, 2.05) is 32.0 Å². The lowest BCUT2D eigenvalue weighted by Crippen LogP contribution is -2.29. The molecule has 0 fully saturated rings. The first-order valence-electron chi connectivity index (χ1n) is 10.9. The second kappa shape index (κ2) is 9.09. The average Bonchev–Trinajstić information content (AvgIpc) is 3.34. The molecule has 1 aliphatic rings. The molecule has 0 atom stereocenters. The van der Waals surface area contributed by atoms with Gasteiger partial charge in [0.05, 0.1) is 27.8 Å². The highest BCUT2D eigenvalue weighted by Gasteiger charge is 2.22. The number of hydrogen-bond acceptors (Lipinski definition) is 5. The molecule has 1 amide bonds. The zero-order valence-corrected chi connectivity index (χ0v) is 20.1. The third-order valence-corrected chi connectivity index (χ3v) is 7.40. The van der Waals surface area contributed by atoms with E-state index in [2.05, 4.69) is 44.6 Å². The van der Waals surface area contributed by atoms with Crippen molar-refractivity contribution in [2.45, 2.75) is 33.4 Å². The summed E-state index contributed by atoms with van der Waals surface area (Å²) in [6.07, 6.45) is 0.897. The third-order valence-electron chi connectivity index (χ3n) is 5.86. The molecule has 0 unspecified atom stereocenters. The van der Waals surface area contributed by atoms with Crippen molar-refractivity contribution in [1.29, 1.82) is 0 Å². The first-order valence-corrected chi connectivity index (χ1v) is 12.1. The van der Waals surface area contributed by atoms with Gasteiger partial charge in [-0.25, -0.2) is 9.67 Å². The molecule has 1 N–H and O–H groups in total. The molecule has 6 nitrogen and oxygen atoms in total. The van der Waals surface area contributed by atoms with Gasteiger partial charge in [0.15, 0.2) is 5.13 Å². The highest BCUT2D eigenvalue weighted by atomic mass is 35.5. The lowest BCUT2D eigenvalue weighted by atomic mass is 10.1. The summed E-state index contributed by atoms with van der Waals surface area (Å²) >= 11 is 7.82. The molecule has 5 rings (SSSR count). The Labute approximate surface area is 201 Å². The number of carbonyl (C=O) groups excluding carboxylic acids is 1. The number of rotatable bonds is 5. The van der Waals surface area contributed by atoms with Gasteiger partial charge in [0.25, 0.3) is 5.91 Å². The topological polar surface area (TPSA) is 63.1 Å². The summed E-state index contributed by atoms with van der Waals surface area (Å²) in [5, 5.41) is 8.75. The molecule has 0 radical (unpaired) electrons. The van der Waals surface area contributed by atoms with Crippen molar-refractivity contribution in [3.8, 4) is 5.69 Å². The van der Waals surface area contributed by atoms with Gasteiger partial charge in [0.2, 0.25) is 0 Å². The molecule has 0 bridgehead atoms. The number of aromatic nitrogens is 3. The summed E-state index contributed by atoms with van der Waals surface area (Å²) in [7, 11) is 0. The summed E-state index contributed by atoms with van der Waals surface area (Å²) in [5.41, 5.74) is 5.50. The summed E-state index contributed by atoms with van der Waals surface area (Å²) in [6, 6.07) is 17.8. The van der Waals surface area contributed by atoms with Gasteiger partial charge in [-0.1, -0.05) is 41.9 Å². The molecule has 4 aromatic rings. The number of amides is 1. The van der Waals surface area contributed by atoms with Gasteiger partial charge < -0.3 is 0 Å². The molecule has 1 aliphatic heterocycles. The fourth-order valence-corrected chi connectivity index (χ4v) is 5.24. The van der Waals surface area contributed by atoms with E-state index < -0.39 is 0 Å². The molecule has 168 valence electrons. The molecular weight excluding hydrogens is 454 g/mol. The van der Waals surface area contributed by atoms with E-state index in [0.29, 0.717) is 15.7 Å². The maximum absolute atomic E-state index is 12.8. The number of nitrogens with one attached hydrogen (secondary N) is 1. The standard InChI is InChI=1S/C25H24ClN5OS/c1-16-23(26)17(2)31(29-16)20-10-8-19(9-11-20)24(32)28-25-27-21-12-13-30(15-22(21)33-25)14-18-6-4-3-5-7-18/h3-11H,12-15H2,1-2H3,(H,27,28,32). The van der Waals surface area contributed by atoms with Crippen molar-refractivity contribution < 1.29 is 4.79 Å². The Morgan fingerprint density at radius 1 is 1.12 bits per heavy atom. The molecule has 0 spiro atoms. The number of thiazole rings is 1. The van der Waals surface area contributed by atoms with Crippen LogP contribution < -0.4 is 5.32 Å². The molecule has 0 saturated heterocycles. The van der Waals surface area contributed by atoms with Crippen molar-refractivity contribution >= 4 is 34.0 Å². The largest absolute Gasteiger partial charge is 0.298 e. The van der Waals surface area contributed by atoms with Gasteiger partial charge in [-0.05, 0) is 43.7 Å². The number of halogens is 1. The van der Waals surface area contributed by atoms with Crippen LogP contribution in [-0.4, -0.2) is 32.1 Å². The van der Waals surface area contributed by atoms with Crippen LogP contribution in [0.1, 0.15) is 37.9 Å². The Bertz CT molecular complexity index is 1300. The Balaban J connectivity index is 1.25. The van der Waals surface area contributed by atoms with Crippen LogP contribution in [0.25, 0.3) is 5.69 Å². The first kappa shape index (κ1) is 21.8. The summed E-state index contributed by atoms with van der Waals surface area (Å²) in [6.45, 7) is 6.55. The minimum absolute atomic E-state index is 0.166. The Kier molecular flexibility index (Phi) is 6.01. The van der Waals surface area contributed by atoms with E-state index in [0.717, 1.165) is 48.8 Å². The maximum Gasteiger partial charge on any atom is 0.257 e. The zero-order chi connectivity index (χ0) is 22.9. The molecule has 2 aromatic heterocycles. The van der Waals surface area contributed by atoms with Crippen LogP contribution in [0.3, 0.4) is 0 Å². The van der Waals surface area contributed by atoms with Crippen LogP contribution in [0.2, 0.25) is 5.02 Å². The fraction of sp³-hybridized carbons (Fsp3) is 0.240. The number of carbonyl (C=O) groups is 1. The van der Waals surface area contributed by atoms with Gasteiger partial charge in [0.1, 0.15) is 0 Å². The van der Waals surface area contributed by atoms with Crippen LogP contribution in [0, 0.1) is 13.8 Å². The van der Waals surface area contributed by atoms with E-state index in [9.17, 15) is 4.79 Å². The summed E-state index contributed by atoms with van der Waals surface area (Å²) in [4.78, 5) is 21.1. The van der Waals surface area contributed by atoms with Crippen molar-refractivity contribution in [2.75, 3.05) is 11.9 Å². The number of hydrogen-bond donors (Lipinski definition) is 1. The molecule has 2 aromatic carbocycles. The van der Waals surface area contributed by atoms with Crippen LogP contribution in [0.15, 0.2) is 54.6 Å². The van der Waals surface area contributed by atoms with E-state index >= 15 is 0 Å². The number of nitrogens with zero attached hydrogens (tertiary/aromatic N) is 4. The van der Waals surface area contributed by atoms with Crippen LogP contribution in [-0.2, 0) is 19.5 Å². The Morgan fingerprint density at radius 2 is 1.88 bits per heavy atom. The van der Waals surface area contributed by atoms with Gasteiger partial charge in [-0.2, -0.15) is 5.10 Å². The number of benzene rings is 2. The van der Waals surface area contributed by atoms with E-state index in [1.54, 1.807) is 28.2 Å². The zero-order valence-electron chi connectivity index (χ0n) is 18.5. The molecular formula is C25H24ClN5OS. The van der Waals surface area contributed by atoms with Crippen LogP contribution >= 0.6 is 22.9 Å². The van der Waals surface area contributed by atoms with Crippen LogP contribution in [0.5, 0.6) is 0 Å². The first-order chi connectivity index (χ1) is 16.0. The SMILES string of the molecule is Cc1nn(-c2ccc(C(=O)Nc3nc4c(s3)CN(Cc3ccccc3)CC4)cc2)c(C)c1Cl. The highest BCUT2D eigenvalue weighted by Crippen LogP contribution is 2.29. The minimum Gasteiger partial charge on any atom is -0.298 e. The van der Waals surface area contributed by atoms with E-state index in [-0.39, 0.29) is 5.91 Å². The van der Waals surface area contributed by atoms with E-state index in [1.165, 1.54) is 10.4 Å². The van der Waals surface area contributed by atoms with Crippen molar-refractivity contribution in [1.82, 2.24) is 19.7 Å². The Morgan fingerprint density at radius 3 is 2.58 bits per heavy atom. The molecule has 8 heteroatoms. The second-order valence-corrected chi connectivity index (χ2v) is 9.69. The molecule has 33 heavy (non-hydrogen) atoms. The van der Waals surface area contributed by atoms with Crippen molar-refractivity contribution in [2.24, 2.45) is 0 Å². The maximum atomic E-state index is 12.8. The Hall–Kier alpha value is -3.00. The second-order valence-electron chi connectivity index (χ2n) is 8.23. The third kappa shape index (κ3) is 4.57. The lowest BCUT2D eigenvalue weighted by molar-refractivity contribution is 0.102. The highest BCUT2D eigenvalue weighted by molar-refractivity contribution is 7.15. The fourth-order valence-electron chi connectivity index (χ4n) is 4.08. The van der Waals surface area contributed by atoms with Gasteiger partial charge >= 0.3 is 0 Å². The van der Waals surface area contributed by atoms with Gasteiger partial charge in [0, 0.05) is 36.5 Å². The van der Waals surface area contributed by atoms with Gasteiger partial charge in [-0.15, -0.1) is 11.3 Å². The average molecular weight is 478 g/mol. The lowest BCUT2D eigenvalue weighted by Gasteiger charge is -2.25. The molecule has 0 saturated carbocycles.